The Labute approximate surface area is 86.7 Å². The summed E-state index contributed by atoms with van der Waals surface area (Å²) in [5.41, 5.74) is 6.97. The molecule has 1 aromatic carbocycles. The van der Waals surface area contributed by atoms with E-state index in [-0.39, 0.29) is 12.4 Å². The monoisotopic (exact) mass is 206 g/mol. The molecule has 4 heteroatoms. The Balaban J connectivity index is 2.44. The second kappa shape index (κ2) is 3.82. The number of oxazole rings is 1. The first-order chi connectivity index (χ1) is 7.20. The van der Waals surface area contributed by atoms with Crippen molar-refractivity contribution in [3.8, 4) is 11.3 Å². The number of hydrogen-bond donors (Lipinski definition) is 1. The average Bonchev–Trinajstić information content (AvgIpc) is 2.61. The number of nitrogens with two attached hydrogens (primary N) is 1. The van der Waals surface area contributed by atoms with E-state index in [0.717, 1.165) is 11.3 Å². The number of nitrogens with zero attached hydrogens (tertiary/aromatic N) is 1. The van der Waals surface area contributed by atoms with Gasteiger partial charge in [-0.25, -0.2) is 9.37 Å². The molecule has 2 aromatic rings. The summed E-state index contributed by atoms with van der Waals surface area (Å²) >= 11 is 0. The number of halogens is 1. The van der Waals surface area contributed by atoms with E-state index in [9.17, 15) is 4.39 Å². The minimum absolute atomic E-state index is 0.265. The summed E-state index contributed by atoms with van der Waals surface area (Å²) in [4.78, 5) is 4.21. The molecular weight excluding hydrogens is 195 g/mol. The molecule has 0 aliphatic carbocycles. The van der Waals surface area contributed by atoms with Crippen LogP contribution < -0.4 is 5.73 Å². The molecule has 0 saturated carbocycles. The summed E-state index contributed by atoms with van der Waals surface area (Å²) in [7, 11) is 0. The zero-order valence-electron chi connectivity index (χ0n) is 8.33. The number of aromatic nitrogens is 1. The molecule has 2 N–H and O–H groups in total. The van der Waals surface area contributed by atoms with Crippen molar-refractivity contribution in [2.45, 2.75) is 13.5 Å². The topological polar surface area (TPSA) is 52.0 Å². The second-order valence-electron chi connectivity index (χ2n) is 3.22. The number of aryl methyl sites for hydroxylation is 1. The lowest BCUT2D eigenvalue weighted by Gasteiger charge is -1.96. The number of rotatable bonds is 2. The van der Waals surface area contributed by atoms with Gasteiger partial charge < -0.3 is 10.2 Å². The zero-order valence-corrected chi connectivity index (χ0v) is 8.33. The van der Waals surface area contributed by atoms with Gasteiger partial charge in [-0.05, 0) is 31.2 Å². The van der Waals surface area contributed by atoms with E-state index in [1.54, 1.807) is 12.1 Å². The maximum Gasteiger partial charge on any atom is 0.208 e. The number of hydrogen-bond acceptors (Lipinski definition) is 3. The third-order valence-corrected chi connectivity index (χ3v) is 2.13. The molecule has 3 nitrogen and oxygen atoms in total. The molecule has 0 unspecified atom stereocenters. The van der Waals surface area contributed by atoms with Crippen LogP contribution in [0.1, 0.15) is 11.7 Å². The van der Waals surface area contributed by atoms with Crippen LogP contribution in [0, 0.1) is 12.7 Å². The summed E-state index contributed by atoms with van der Waals surface area (Å²) in [6.07, 6.45) is 0. The lowest BCUT2D eigenvalue weighted by molar-refractivity contribution is 0.474. The van der Waals surface area contributed by atoms with Crippen molar-refractivity contribution in [1.29, 1.82) is 0 Å². The van der Waals surface area contributed by atoms with Gasteiger partial charge in [0.15, 0.2) is 0 Å². The van der Waals surface area contributed by atoms with Gasteiger partial charge in [0.1, 0.15) is 17.3 Å². The summed E-state index contributed by atoms with van der Waals surface area (Å²) in [5.74, 6) is 0.924. The molecule has 15 heavy (non-hydrogen) atoms. The van der Waals surface area contributed by atoms with Crippen LogP contribution in [0.5, 0.6) is 0 Å². The van der Waals surface area contributed by atoms with Crippen LogP contribution in [-0.4, -0.2) is 4.98 Å². The Kier molecular flexibility index (Phi) is 2.51. The maximum atomic E-state index is 12.7. The fraction of sp³-hybridized carbons (Fsp3) is 0.182. The molecule has 1 aromatic heterocycles. The van der Waals surface area contributed by atoms with E-state index in [1.165, 1.54) is 12.1 Å². The third kappa shape index (κ3) is 1.89. The van der Waals surface area contributed by atoms with Crippen molar-refractivity contribution in [3.05, 3.63) is 41.7 Å². The molecule has 78 valence electrons. The molecule has 0 spiro atoms. The van der Waals surface area contributed by atoms with Crippen LogP contribution in [0.25, 0.3) is 11.3 Å². The highest BCUT2D eigenvalue weighted by Crippen LogP contribution is 2.23. The van der Waals surface area contributed by atoms with Gasteiger partial charge in [-0.15, -0.1) is 0 Å². The largest absolute Gasteiger partial charge is 0.444 e. The molecule has 0 aliphatic rings. The van der Waals surface area contributed by atoms with Gasteiger partial charge in [-0.1, -0.05) is 0 Å². The van der Waals surface area contributed by atoms with Crippen molar-refractivity contribution in [3.63, 3.8) is 0 Å². The summed E-state index contributed by atoms with van der Waals surface area (Å²) in [5, 5.41) is 0. The SMILES string of the molecule is Cc1oc(CN)nc1-c1ccc(F)cc1. The Bertz CT molecular complexity index is 462. The van der Waals surface area contributed by atoms with E-state index in [0.29, 0.717) is 11.7 Å². The fourth-order valence-corrected chi connectivity index (χ4v) is 1.41. The van der Waals surface area contributed by atoms with Gasteiger partial charge >= 0.3 is 0 Å². The third-order valence-electron chi connectivity index (χ3n) is 2.13. The Morgan fingerprint density at radius 3 is 2.53 bits per heavy atom. The molecule has 1 heterocycles. The lowest BCUT2D eigenvalue weighted by Crippen LogP contribution is -1.95. The first-order valence-electron chi connectivity index (χ1n) is 4.63. The van der Waals surface area contributed by atoms with Gasteiger partial charge in [0, 0.05) is 5.56 Å². The van der Waals surface area contributed by atoms with Gasteiger partial charge in [0.2, 0.25) is 5.89 Å². The second-order valence-corrected chi connectivity index (χ2v) is 3.22. The van der Waals surface area contributed by atoms with Crippen LogP contribution in [0.4, 0.5) is 4.39 Å². The maximum absolute atomic E-state index is 12.7. The highest BCUT2D eigenvalue weighted by atomic mass is 19.1. The van der Waals surface area contributed by atoms with Gasteiger partial charge in [0.05, 0.1) is 6.54 Å². The van der Waals surface area contributed by atoms with Crippen molar-refractivity contribution < 1.29 is 8.81 Å². The van der Waals surface area contributed by atoms with E-state index in [4.69, 9.17) is 10.2 Å². The minimum Gasteiger partial charge on any atom is -0.444 e. The van der Waals surface area contributed by atoms with Crippen LogP contribution in [0.2, 0.25) is 0 Å². The highest BCUT2D eigenvalue weighted by molar-refractivity contribution is 5.60. The van der Waals surface area contributed by atoms with E-state index >= 15 is 0 Å². The molecule has 0 aliphatic heterocycles. The first kappa shape index (κ1) is 9.86. The molecule has 0 saturated heterocycles. The van der Waals surface area contributed by atoms with Crippen molar-refractivity contribution in [2.24, 2.45) is 5.73 Å². The summed E-state index contributed by atoms with van der Waals surface area (Å²) < 4.78 is 18.0. The Morgan fingerprint density at radius 1 is 1.33 bits per heavy atom. The lowest BCUT2D eigenvalue weighted by atomic mass is 10.1. The Hall–Kier alpha value is -1.68. The highest BCUT2D eigenvalue weighted by Gasteiger charge is 2.10. The van der Waals surface area contributed by atoms with E-state index in [2.05, 4.69) is 4.98 Å². The van der Waals surface area contributed by atoms with Crippen LogP contribution in [0.15, 0.2) is 28.7 Å². The van der Waals surface area contributed by atoms with Crippen LogP contribution in [0.3, 0.4) is 0 Å². The summed E-state index contributed by atoms with van der Waals surface area (Å²) in [6.45, 7) is 2.08. The van der Waals surface area contributed by atoms with Gasteiger partial charge in [-0.2, -0.15) is 0 Å². The molecule has 0 fully saturated rings. The van der Waals surface area contributed by atoms with E-state index < -0.39 is 0 Å². The number of benzene rings is 1. The zero-order chi connectivity index (χ0) is 10.8. The minimum atomic E-state index is -0.265. The van der Waals surface area contributed by atoms with E-state index in [1.807, 2.05) is 6.92 Å². The molecule has 0 bridgehead atoms. The molecular formula is C11H11FN2O. The quantitative estimate of drug-likeness (QED) is 0.819. The smallest absolute Gasteiger partial charge is 0.208 e. The van der Waals surface area contributed by atoms with Crippen LogP contribution in [-0.2, 0) is 6.54 Å². The molecule has 0 radical (unpaired) electrons. The molecule has 0 amide bonds. The predicted molar refractivity (Wildman–Crippen MR) is 54.5 cm³/mol. The van der Waals surface area contributed by atoms with Crippen LogP contribution >= 0.6 is 0 Å². The summed E-state index contributed by atoms with van der Waals surface area (Å²) in [6, 6.07) is 6.12. The first-order valence-corrected chi connectivity index (χ1v) is 4.63. The standard InChI is InChI=1S/C11H11FN2O/c1-7-11(14-10(6-13)15-7)8-2-4-9(12)5-3-8/h2-5H,6,13H2,1H3. The van der Waals surface area contributed by atoms with Crippen molar-refractivity contribution in [1.82, 2.24) is 4.98 Å². The van der Waals surface area contributed by atoms with Gasteiger partial charge in [-0.3, -0.25) is 0 Å². The normalized spacial score (nSPS) is 10.6. The molecule has 0 atom stereocenters. The van der Waals surface area contributed by atoms with Gasteiger partial charge in [0.25, 0.3) is 0 Å². The predicted octanol–water partition coefficient (Wildman–Crippen LogP) is 2.25. The fourth-order valence-electron chi connectivity index (χ4n) is 1.41. The molecule has 2 rings (SSSR count). The average molecular weight is 206 g/mol. The Morgan fingerprint density at radius 2 is 2.00 bits per heavy atom. The van der Waals surface area contributed by atoms with Crippen molar-refractivity contribution >= 4 is 0 Å². The van der Waals surface area contributed by atoms with Crippen molar-refractivity contribution in [2.75, 3.05) is 0 Å².